The van der Waals surface area contributed by atoms with Crippen LogP contribution >= 0.6 is 11.3 Å². The van der Waals surface area contributed by atoms with Crippen LogP contribution in [0.3, 0.4) is 0 Å². The second-order valence-corrected chi connectivity index (χ2v) is 6.18. The third-order valence-corrected chi connectivity index (χ3v) is 4.44. The SMILES string of the molecule is C[C@H](NC(=O)C(C)(C)c1ccccc1)c1cccs1. The Bertz CT molecular complexity index is 531. The molecule has 2 rings (SSSR count). The molecular formula is C16H19NOS. The number of carbonyl (C=O) groups excluding carboxylic acids is 1. The van der Waals surface area contributed by atoms with Crippen LogP contribution < -0.4 is 5.32 Å². The second-order valence-electron chi connectivity index (χ2n) is 5.20. The minimum absolute atomic E-state index is 0.0514. The summed E-state index contributed by atoms with van der Waals surface area (Å²) < 4.78 is 0. The summed E-state index contributed by atoms with van der Waals surface area (Å²) in [5.74, 6) is 0.0552. The highest BCUT2D eigenvalue weighted by Gasteiger charge is 2.30. The first kappa shape index (κ1) is 13.8. The molecule has 0 spiro atoms. The molecule has 0 fully saturated rings. The number of rotatable bonds is 4. The zero-order chi connectivity index (χ0) is 13.9. The molecule has 1 heterocycles. The molecule has 0 aliphatic heterocycles. The van der Waals surface area contributed by atoms with E-state index in [9.17, 15) is 4.79 Å². The lowest BCUT2D eigenvalue weighted by Gasteiger charge is -2.26. The Labute approximate surface area is 118 Å². The van der Waals surface area contributed by atoms with Crippen LogP contribution in [0.25, 0.3) is 0 Å². The molecule has 0 aliphatic rings. The van der Waals surface area contributed by atoms with Crippen molar-refractivity contribution < 1.29 is 4.79 Å². The van der Waals surface area contributed by atoms with E-state index in [0.717, 1.165) is 5.56 Å². The lowest BCUT2D eigenvalue weighted by atomic mass is 9.83. The van der Waals surface area contributed by atoms with Gasteiger partial charge in [-0.3, -0.25) is 4.79 Å². The maximum absolute atomic E-state index is 12.5. The summed E-state index contributed by atoms with van der Waals surface area (Å²) in [6, 6.07) is 14.0. The van der Waals surface area contributed by atoms with E-state index in [1.165, 1.54) is 4.88 Å². The lowest BCUT2D eigenvalue weighted by molar-refractivity contribution is -0.126. The molecule has 0 aliphatic carbocycles. The molecule has 1 aromatic heterocycles. The van der Waals surface area contributed by atoms with E-state index < -0.39 is 5.41 Å². The van der Waals surface area contributed by atoms with Gasteiger partial charge in [0.2, 0.25) is 5.91 Å². The minimum Gasteiger partial charge on any atom is -0.348 e. The molecule has 0 bridgehead atoms. The van der Waals surface area contributed by atoms with Crippen LogP contribution in [-0.4, -0.2) is 5.91 Å². The number of hydrogen-bond donors (Lipinski definition) is 1. The number of thiophene rings is 1. The normalized spacial score (nSPS) is 13.0. The Kier molecular flexibility index (Phi) is 4.05. The molecule has 3 heteroatoms. The fraction of sp³-hybridized carbons (Fsp3) is 0.312. The quantitative estimate of drug-likeness (QED) is 0.899. The monoisotopic (exact) mass is 273 g/mol. The van der Waals surface area contributed by atoms with Crippen LogP contribution in [0.15, 0.2) is 47.8 Å². The van der Waals surface area contributed by atoms with Crippen molar-refractivity contribution in [2.45, 2.75) is 32.2 Å². The fourth-order valence-electron chi connectivity index (χ4n) is 1.97. The molecule has 2 nitrogen and oxygen atoms in total. The topological polar surface area (TPSA) is 29.1 Å². The highest BCUT2D eigenvalue weighted by Crippen LogP contribution is 2.25. The van der Waals surface area contributed by atoms with Crippen molar-refractivity contribution in [1.82, 2.24) is 5.32 Å². The van der Waals surface area contributed by atoms with E-state index in [1.54, 1.807) is 11.3 Å². The van der Waals surface area contributed by atoms with Gasteiger partial charge in [-0.25, -0.2) is 0 Å². The largest absolute Gasteiger partial charge is 0.348 e. The Morgan fingerprint density at radius 3 is 2.42 bits per heavy atom. The van der Waals surface area contributed by atoms with E-state index in [4.69, 9.17) is 0 Å². The Morgan fingerprint density at radius 2 is 1.84 bits per heavy atom. The van der Waals surface area contributed by atoms with E-state index in [0.29, 0.717) is 0 Å². The van der Waals surface area contributed by atoms with Gasteiger partial charge >= 0.3 is 0 Å². The van der Waals surface area contributed by atoms with E-state index in [2.05, 4.69) is 5.32 Å². The first-order chi connectivity index (χ1) is 9.01. The molecule has 0 radical (unpaired) electrons. The van der Waals surface area contributed by atoms with Crippen molar-refractivity contribution in [2.24, 2.45) is 0 Å². The standard InChI is InChI=1S/C16H19NOS/c1-12(14-10-7-11-19-14)17-15(18)16(2,3)13-8-5-4-6-9-13/h4-12H,1-3H3,(H,17,18)/t12-/m0/s1. The zero-order valence-electron chi connectivity index (χ0n) is 11.5. The molecule has 1 aromatic carbocycles. The van der Waals surface area contributed by atoms with Gasteiger partial charge in [0.1, 0.15) is 0 Å². The van der Waals surface area contributed by atoms with Gasteiger partial charge in [-0.1, -0.05) is 36.4 Å². The fourth-order valence-corrected chi connectivity index (χ4v) is 2.71. The van der Waals surface area contributed by atoms with Gasteiger partial charge in [-0.15, -0.1) is 11.3 Å². The molecule has 0 unspecified atom stereocenters. The summed E-state index contributed by atoms with van der Waals surface area (Å²) in [5, 5.41) is 5.12. The molecular weight excluding hydrogens is 254 g/mol. The Morgan fingerprint density at radius 1 is 1.16 bits per heavy atom. The molecule has 0 saturated heterocycles. The zero-order valence-corrected chi connectivity index (χ0v) is 12.3. The predicted octanol–water partition coefficient (Wildman–Crippen LogP) is 3.90. The Hall–Kier alpha value is -1.61. The summed E-state index contributed by atoms with van der Waals surface area (Å²) in [5.41, 5.74) is 0.512. The van der Waals surface area contributed by atoms with Gasteiger partial charge in [0.15, 0.2) is 0 Å². The second kappa shape index (κ2) is 5.57. The van der Waals surface area contributed by atoms with Crippen molar-refractivity contribution >= 4 is 17.2 Å². The van der Waals surface area contributed by atoms with Crippen LogP contribution in [0.2, 0.25) is 0 Å². The van der Waals surface area contributed by atoms with Gasteiger partial charge in [0, 0.05) is 4.88 Å². The number of benzene rings is 1. The van der Waals surface area contributed by atoms with E-state index >= 15 is 0 Å². The first-order valence-corrected chi connectivity index (χ1v) is 7.29. The summed E-state index contributed by atoms with van der Waals surface area (Å²) in [7, 11) is 0. The minimum atomic E-state index is -0.521. The summed E-state index contributed by atoms with van der Waals surface area (Å²) in [4.78, 5) is 13.6. The third kappa shape index (κ3) is 3.04. The van der Waals surface area contributed by atoms with Crippen molar-refractivity contribution in [1.29, 1.82) is 0 Å². The van der Waals surface area contributed by atoms with Crippen LogP contribution in [0, 0.1) is 0 Å². The maximum Gasteiger partial charge on any atom is 0.230 e. The number of hydrogen-bond acceptors (Lipinski definition) is 2. The number of carbonyl (C=O) groups is 1. The maximum atomic E-state index is 12.5. The van der Waals surface area contributed by atoms with Crippen LogP contribution in [0.5, 0.6) is 0 Å². The smallest absolute Gasteiger partial charge is 0.230 e. The van der Waals surface area contributed by atoms with Crippen molar-refractivity contribution in [3.63, 3.8) is 0 Å². The summed E-state index contributed by atoms with van der Waals surface area (Å²) >= 11 is 1.66. The van der Waals surface area contributed by atoms with E-state index in [1.807, 2.05) is 68.6 Å². The highest BCUT2D eigenvalue weighted by molar-refractivity contribution is 7.10. The van der Waals surface area contributed by atoms with Crippen molar-refractivity contribution in [3.8, 4) is 0 Å². The highest BCUT2D eigenvalue weighted by atomic mass is 32.1. The summed E-state index contributed by atoms with van der Waals surface area (Å²) in [6.45, 7) is 5.93. The molecule has 1 amide bonds. The summed E-state index contributed by atoms with van der Waals surface area (Å²) in [6.07, 6.45) is 0. The van der Waals surface area contributed by atoms with Gasteiger partial charge < -0.3 is 5.32 Å². The molecule has 2 aromatic rings. The van der Waals surface area contributed by atoms with Crippen molar-refractivity contribution in [3.05, 3.63) is 58.3 Å². The molecule has 100 valence electrons. The van der Waals surface area contributed by atoms with Crippen LogP contribution in [-0.2, 0) is 10.2 Å². The Balaban J connectivity index is 2.11. The predicted molar refractivity (Wildman–Crippen MR) is 80.3 cm³/mol. The molecule has 19 heavy (non-hydrogen) atoms. The van der Waals surface area contributed by atoms with Crippen molar-refractivity contribution in [2.75, 3.05) is 0 Å². The molecule has 1 N–H and O–H groups in total. The van der Waals surface area contributed by atoms with Gasteiger partial charge in [-0.2, -0.15) is 0 Å². The van der Waals surface area contributed by atoms with Gasteiger partial charge in [-0.05, 0) is 37.8 Å². The van der Waals surface area contributed by atoms with Gasteiger partial charge in [0.05, 0.1) is 11.5 Å². The van der Waals surface area contributed by atoms with Crippen LogP contribution in [0.1, 0.15) is 37.3 Å². The van der Waals surface area contributed by atoms with E-state index in [-0.39, 0.29) is 11.9 Å². The molecule has 1 atom stereocenters. The van der Waals surface area contributed by atoms with Crippen LogP contribution in [0.4, 0.5) is 0 Å². The average Bonchev–Trinajstić information content (AvgIpc) is 2.93. The first-order valence-electron chi connectivity index (χ1n) is 6.41. The number of amides is 1. The van der Waals surface area contributed by atoms with Gasteiger partial charge in [0.25, 0.3) is 0 Å². The number of nitrogens with one attached hydrogen (secondary N) is 1. The average molecular weight is 273 g/mol. The molecule has 0 saturated carbocycles. The third-order valence-electron chi connectivity index (χ3n) is 3.38. The lowest BCUT2D eigenvalue weighted by Crippen LogP contribution is -2.41.